The minimum Gasteiger partial charge on any atom is -0.459 e. The molecule has 0 aliphatic carbocycles. The van der Waals surface area contributed by atoms with Crippen molar-refractivity contribution in [3.05, 3.63) is 89.6 Å². The van der Waals surface area contributed by atoms with Gasteiger partial charge in [0, 0.05) is 25.8 Å². The molecule has 3 aromatic rings. The van der Waals surface area contributed by atoms with E-state index in [0.717, 1.165) is 11.1 Å². The van der Waals surface area contributed by atoms with E-state index >= 15 is 0 Å². The van der Waals surface area contributed by atoms with E-state index in [0.29, 0.717) is 31.2 Å². The van der Waals surface area contributed by atoms with Crippen molar-refractivity contribution in [1.82, 2.24) is 10.6 Å². The van der Waals surface area contributed by atoms with Crippen LogP contribution in [0.5, 0.6) is 0 Å². The second kappa shape index (κ2) is 12.0. The van der Waals surface area contributed by atoms with Crippen LogP contribution < -0.4 is 16.0 Å². The Labute approximate surface area is 192 Å². The van der Waals surface area contributed by atoms with E-state index in [1.54, 1.807) is 25.2 Å². The Kier molecular flexibility index (Phi) is 9.33. The topological polar surface area (TPSA) is 78.7 Å². The van der Waals surface area contributed by atoms with Gasteiger partial charge in [-0.05, 0) is 53.9 Å². The predicted octanol–water partition coefficient (Wildman–Crippen LogP) is 4.20. The molecule has 0 saturated heterocycles. The molecule has 0 saturated carbocycles. The summed E-state index contributed by atoms with van der Waals surface area (Å²) in [5.74, 6) is 0.377. The molecule has 3 rings (SSSR count). The van der Waals surface area contributed by atoms with E-state index in [2.05, 4.69) is 20.9 Å². The van der Waals surface area contributed by atoms with Gasteiger partial charge in [-0.15, -0.1) is 24.0 Å². The molecule has 6 nitrogen and oxygen atoms in total. The average molecular weight is 522 g/mol. The van der Waals surface area contributed by atoms with Crippen LogP contribution in [0.2, 0.25) is 0 Å². The molecule has 0 atom stereocenters. The van der Waals surface area contributed by atoms with E-state index in [1.165, 1.54) is 18.4 Å². The van der Waals surface area contributed by atoms with Crippen molar-refractivity contribution in [1.29, 1.82) is 0 Å². The summed E-state index contributed by atoms with van der Waals surface area (Å²) >= 11 is 0. The molecule has 1 amide bonds. The fourth-order valence-electron chi connectivity index (χ4n) is 2.78. The maximum absolute atomic E-state index is 13.2. The summed E-state index contributed by atoms with van der Waals surface area (Å²) in [6.07, 6.45) is 2.15. The first-order valence-electron chi connectivity index (χ1n) is 9.27. The number of carbonyl (C=O) groups excluding carboxylic acids is 1. The van der Waals surface area contributed by atoms with Crippen molar-refractivity contribution < 1.29 is 13.6 Å². The number of guanidine groups is 1. The first kappa shape index (κ1) is 23.4. The predicted molar refractivity (Wildman–Crippen MR) is 127 cm³/mol. The van der Waals surface area contributed by atoms with Gasteiger partial charge in [0.2, 0.25) is 0 Å². The molecule has 0 spiro atoms. The summed E-state index contributed by atoms with van der Waals surface area (Å²) in [5.41, 5.74) is 2.59. The van der Waals surface area contributed by atoms with E-state index in [4.69, 9.17) is 4.42 Å². The number of halogens is 2. The highest BCUT2D eigenvalue weighted by molar-refractivity contribution is 14.0. The SMILES string of the molecule is CN=C(NCCc1cccc(F)c1)NCc1cccc(NC(=O)c2ccco2)c1.I. The van der Waals surface area contributed by atoms with Crippen LogP contribution in [-0.2, 0) is 13.0 Å². The van der Waals surface area contributed by atoms with Crippen LogP contribution in [0.15, 0.2) is 76.3 Å². The number of anilines is 1. The highest BCUT2D eigenvalue weighted by Crippen LogP contribution is 2.12. The monoisotopic (exact) mass is 522 g/mol. The van der Waals surface area contributed by atoms with Crippen molar-refractivity contribution in [2.75, 3.05) is 18.9 Å². The number of aliphatic imine (C=N–C) groups is 1. The second-order valence-electron chi connectivity index (χ2n) is 6.36. The van der Waals surface area contributed by atoms with Gasteiger partial charge in [-0.3, -0.25) is 9.79 Å². The smallest absolute Gasteiger partial charge is 0.291 e. The standard InChI is InChI=1S/C22H23FN4O2.HI/c1-24-22(25-11-10-16-5-2-7-18(23)13-16)26-15-17-6-3-8-19(14-17)27-21(28)20-9-4-12-29-20;/h2-9,12-14H,10-11,15H2,1H3,(H,27,28)(H2,24,25,26);1H. The van der Waals surface area contributed by atoms with Gasteiger partial charge in [0.15, 0.2) is 11.7 Å². The lowest BCUT2D eigenvalue weighted by atomic mass is 10.1. The van der Waals surface area contributed by atoms with Crippen molar-refractivity contribution in [3.63, 3.8) is 0 Å². The molecule has 0 radical (unpaired) electrons. The number of amides is 1. The number of benzene rings is 2. The third-order valence-electron chi connectivity index (χ3n) is 4.21. The van der Waals surface area contributed by atoms with Crippen LogP contribution in [0.1, 0.15) is 21.7 Å². The lowest BCUT2D eigenvalue weighted by molar-refractivity contribution is 0.0996. The van der Waals surface area contributed by atoms with Crippen LogP contribution in [0, 0.1) is 5.82 Å². The first-order valence-corrected chi connectivity index (χ1v) is 9.27. The largest absolute Gasteiger partial charge is 0.459 e. The zero-order chi connectivity index (χ0) is 20.5. The van der Waals surface area contributed by atoms with E-state index in [-0.39, 0.29) is 41.5 Å². The van der Waals surface area contributed by atoms with Gasteiger partial charge < -0.3 is 20.4 Å². The molecule has 3 N–H and O–H groups in total. The third-order valence-corrected chi connectivity index (χ3v) is 4.21. The van der Waals surface area contributed by atoms with Crippen molar-refractivity contribution in [3.8, 4) is 0 Å². The fraction of sp³-hybridized carbons (Fsp3) is 0.182. The highest BCUT2D eigenvalue weighted by atomic mass is 127. The molecule has 2 aromatic carbocycles. The number of hydrogen-bond donors (Lipinski definition) is 3. The Morgan fingerprint density at radius 3 is 2.57 bits per heavy atom. The lowest BCUT2D eigenvalue weighted by Gasteiger charge is -2.13. The van der Waals surface area contributed by atoms with Gasteiger partial charge in [0.25, 0.3) is 5.91 Å². The maximum Gasteiger partial charge on any atom is 0.291 e. The molecule has 0 bridgehead atoms. The zero-order valence-electron chi connectivity index (χ0n) is 16.5. The van der Waals surface area contributed by atoms with E-state index in [9.17, 15) is 9.18 Å². The van der Waals surface area contributed by atoms with Crippen LogP contribution in [0.3, 0.4) is 0 Å². The summed E-state index contributed by atoms with van der Waals surface area (Å²) in [7, 11) is 1.69. The summed E-state index contributed by atoms with van der Waals surface area (Å²) in [4.78, 5) is 16.3. The Hall–Kier alpha value is -2.88. The van der Waals surface area contributed by atoms with Gasteiger partial charge in [0.1, 0.15) is 5.82 Å². The molecule has 0 aliphatic heterocycles. The number of nitrogens with one attached hydrogen (secondary N) is 3. The van der Waals surface area contributed by atoms with Crippen molar-refractivity contribution >= 4 is 41.5 Å². The number of hydrogen-bond acceptors (Lipinski definition) is 3. The number of rotatable bonds is 7. The van der Waals surface area contributed by atoms with Crippen LogP contribution in [-0.4, -0.2) is 25.5 Å². The van der Waals surface area contributed by atoms with E-state index in [1.807, 2.05) is 30.3 Å². The molecule has 0 fully saturated rings. The van der Waals surface area contributed by atoms with Gasteiger partial charge in [-0.1, -0.05) is 24.3 Å². The lowest BCUT2D eigenvalue weighted by Crippen LogP contribution is -2.37. The fourth-order valence-corrected chi connectivity index (χ4v) is 2.78. The Bertz CT molecular complexity index is 977. The molecule has 8 heteroatoms. The highest BCUT2D eigenvalue weighted by Gasteiger charge is 2.09. The van der Waals surface area contributed by atoms with Gasteiger partial charge >= 0.3 is 0 Å². The van der Waals surface area contributed by atoms with Crippen molar-refractivity contribution in [2.45, 2.75) is 13.0 Å². The minimum atomic E-state index is -0.296. The zero-order valence-corrected chi connectivity index (χ0v) is 18.9. The first-order chi connectivity index (χ1) is 14.1. The Morgan fingerprint density at radius 1 is 1.03 bits per heavy atom. The molecular formula is C22H24FIN4O2. The van der Waals surface area contributed by atoms with Gasteiger partial charge in [-0.2, -0.15) is 0 Å². The Balaban J connectivity index is 0.00000320. The summed E-state index contributed by atoms with van der Waals surface area (Å²) in [6.45, 7) is 1.16. The third kappa shape index (κ3) is 7.18. The molecule has 1 aromatic heterocycles. The van der Waals surface area contributed by atoms with Crippen LogP contribution in [0.25, 0.3) is 0 Å². The maximum atomic E-state index is 13.2. The molecular weight excluding hydrogens is 498 g/mol. The summed E-state index contributed by atoms with van der Waals surface area (Å²) in [5, 5.41) is 9.24. The molecule has 0 aliphatic rings. The summed E-state index contributed by atoms with van der Waals surface area (Å²) < 4.78 is 18.3. The van der Waals surface area contributed by atoms with Gasteiger partial charge in [-0.25, -0.2) is 4.39 Å². The average Bonchev–Trinajstić information content (AvgIpc) is 3.26. The molecule has 1 heterocycles. The molecule has 30 heavy (non-hydrogen) atoms. The normalized spacial score (nSPS) is 10.8. The number of nitrogens with zero attached hydrogens (tertiary/aromatic N) is 1. The van der Waals surface area contributed by atoms with Crippen molar-refractivity contribution in [2.24, 2.45) is 4.99 Å². The summed E-state index contributed by atoms with van der Waals surface area (Å²) in [6, 6.07) is 17.4. The molecule has 158 valence electrons. The minimum absolute atomic E-state index is 0. The van der Waals surface area contributed by atoms with Crippen LogP contribution in [0.4, 0.5) is 10.1 Å². The Morgan fingerprint density at radius 2 is 1.83 bits per heavy atom. The number of furan rings is 1. The van der Waals surface area contributed by atoms with E-state index < -0.39 is 0 Å². The second-order valence-corrected chi connectivity index (χ2v) is 6.36. The van der Waals surface area contributed by atoms with Crippen LogP contribution >= 0.6 is 24.0 Å². The van der Waals surface area contributed by atoms with Gasteiger partial charge in [0.05, 0.1) is 6.26 Å². The quantitative estimate of drug-likeness (QED) is 0.247. The molecule has 0 unspecified atom stereocenters. The number of carbonyl (C=O) groups is 1.